The lowest BCUT2D eigenvalue weighted by Crippen LogP contribution is -2.17. The summed E-state index contributed by atoms with van der Waals surface area (Å²) in [4.78, 5) is 0. The summed E-state index contributed by atoms with van der Waals surface area (Å²) in [7, 11) is 1.69. The second-order valence-corrected chi connectivity index (χ2v) is 2.30. The molecule has 0 aliphatic heterocycles. The molecule has 0 amide bonds. The molecule has 2 nitrogen and oxygen atoms in total. The molecule has 0 rings (SSSR count). The first-order chi connectivity index (χ1) is 4.85. The maximum absolute atomic E-state index is 5.46. The molecule has 10 heavy (non-hydrogen) atoms. The molecule has 0 spiro atoms. The third kappa shape index (κ3) is 4.83. The van der Waals surface area contributed by atoms with Crippen LogP contribution in [0.2, 0.25) is 12.6 Å². The van der Waals surface area contributed by atoms with Gasteiger partial charge in [-0.1, -0.05) is 26.5 Å². The third-order valence-electron chi connectivity index (χ3n) is 1.55. The molecule has 0 radical (unpaired) electrons. The van der Waals surface area contributed by atoms with Gasteiger partial charge in [0.1, 0.15) is 0 Å². The van der Waals surface area contributed by atoms with Gasteiger partial charge in [0.05, 0.1) is 13.2 Å². The Hall–Kier alpha value is -0.0151. The molecule has 0 aromatic rings. The highest BCUT2D eigenvalue weighted by Gasteiger charge is 2.07. The van der Waals surface area contributed by atoms with Crippen LogP contribution in [0.5, 0.6) is 0 Å². The van der Waals surface area contributed by atoms with Crippen LogP contribution < -0.4 is 0 Å². The van der Waals surface area contributed by atoms with E-state index in [2.05, 4.69) is 13.8 Å². The predicted octanol–water partition coefficient (Wildman–Crippen LogP) is 1.68. The molecule has 0 fully saturated rings. The number of methoxy groups -OCH3 is 1. The fraction of sp³-hybridized carbons (Fsp3) is 1.00. The Labute approximate surface area is 64.0 Å². The van der Waals surface area contributed by atoms with Crippen molar-refractivity contribution in [3.8, 4) is 0 Å². The molecular weight excluding hydrogens is 127 g/mol. The standard InChI is InChI=1S/C7H17BO2/c1-4-8(5-2)10-7-6-9-3/h4-7H2,1-3H3. The highest BCUT2D eigenvalue weighted by Crippen LogP contribution is 1.98. The summed E-state index contributed by atoms with van der Waals surface area (Å²) in [6, 6.07) is 0. The molecular formula is C7H17BO2. The van der Waals surface area contributed by atoms with Gasteiger partial charge in [0.2, 0.25) is 0 Å². The van der Waals surface area contributed by atoms with Crippen molar-refractivity contribution in [2.75, 3.05) is 20.3 Å². The number of rotatable bonds is 6. The summed E-state index contributed by atoms with van der Waals surface area (Å²) in [5, 5.41) is 0. The maximum Gasteiger partial charge on any atom is 0.292 e. The number of ether oxygens (including phenoxy) is 1. The van der Waals surface area contributed by atoms with Gasteiger partial charge in [-0.2, -0.15) is 0 Å². The van der Waals surface area contributed by atoms with Crippen LogP contribution in [0.15, 0.2) is 0 Å². The summed E-state index contributed by atoms with van der Waals surface area (Å²) in [6.07, 6.45) is 2.19. The minimum absolute atomic E-state index is 0.426. The highest BCUT2D eigenvalue weighted by molar-refractivity contribution is 6.51. The number of hydrogen-bond acceptors (Lipinski definition) is 2. The van der Waals surface area contributed by atoms with Gasteiger partial charge >= 0.3 is 0 Å². The summed E-state index contributed by atoms with van der Waals surface area (Å²) in [5.74, 6) is 0. The summed E-state index contributed by atoms with van der Waals surface area (Å²) >= 11 is 0. The van der Waals surface area contributed by atoms with Crippen molar-refractivity contribution in [2.45, 2.75) is 26.5 Å². The van der Waals surface area contributed by atoms with E-state index in [1.807, 2.05) is 0 Å². The molecule has 0 heterocycles. The SMILES string of the molecule is CCB(CC)OCCOC. The summed E-state index contributed by atoms with van der Waals surface area (Å²) in [5.41, 5.74) is 0. The monoisotopic (exact) mass is 144 g/mol. The van der Waals surface area contributed by atoms with E-state index in [4.69, 9.17) is 9.39 Å². The predicted molar refractivity (Wildman–Crippen MR) is 44.5 cm³/mol. The minimum Gasteiger partial charge on any atom is -0.434 e. The molecule has 0 aliphatic rings. The van der Waals surface area contributed by atoms with Crippen LogP contribution in [0.3, 0.4) is 0 Å². The van der Waals surface area contributed by atoms with Crippen LogP contribution in [-0.2, 0) is 9.39 Å². The van der Waals surface area contributed by atoms with Crippen molar-refractivity contribution in [1.29, 1.82) is 0 Å². The van der Waals surface area contributed by atoms with Crippen LogP contribution in [0, 0.1) is 0 Å². The average Bonchev–Trinajstić information content (AvgIpc) is 1.99. The zero-order valence-electron chi connectivity index (χ0n) is 7.22. The van der Waals surface area contributed by atoms with Gasteiger partial charge in [0.15, 0.2) is 0 Å². The largest absolute Gasteiger partial charge is 0.434 e. The first kappa shape index (κ1) is 9.98. The Morgan fingerprint density at radius 3 is 2.10 bits per heavy atom. The first-order valence-electron chi connectivity index (χ1n) is 3.95. The van der Waals surface area contributed by atoms with Crippen molar-refractivity contribution < 1.29 is 9.39 Å². The molecule has 0 atom stereocenters. The molecule has 0 bridgehead atoms. The van der Waals surface area contributed by atoms with Crippen molar-refractivity contribution in [2.24, 2.45) is 0 Å². The lowest BCUT2D eigenvalue weighted by molar-refractivity contribution is 0.145. The molecule has 0 saturated carbocycles. The Morgan fingerprint density at radius 2 is 1.70 bits per heavy atom. The zero-order chi connectivity index (χ0) is 7.82. The van der Waals surface area contributed by atoms with Gasteiger partial charge in [0.25, 0.3) is 6.92 Å². The Bertz CT molecular complexity index is 64.6. The Kier molecular flexibility index (Phi) is 7.09. The van der Waals surface area contributed by atoms with E-state index >= 15 is 0 Å². The van der Waals surface area contributed by atoms with Crippen LogP contribution in [0.25, 0.3) is 0 Å². The van der Waals surface area contributed by atoms with Gasteiger partial charge < -0.3 is 9.39 Å². The molecule has 0 aromatic heterocycles. The Morgan fingerprint density at radius 1 is 1.10 bits per heavy atom. The summed E-state index contributed by atoms with van der Waals surface area (Å²) in [6.45, 7) is 6.14. The number of hydrogen-bond donors (Lipinski definition) is 0. The lowest BCUT2D eigenvalue weighted by atomic mass is 9.63. The van der Waals surface area contributed by atoms with Gasteiger partial charge in [-0.25, -0.2) is 0 Å². The smallest absolute Gasteiger partial charge is 0.292 e. The molecule has 0 N–H and O–H groups in total. The van der Waals surface area contributed by atoms with Crippen LogP contribution >= 0.6 is 0 Å². The van der Waals surface area contributed by atoms with Gasteiger partial charge in [-0.3, -0.25) is 0 Å². The van der Waals surface area contributed by atoms with Crippen molar-refractivity contribution in [1.82, 2.24) is 0 Å². The normalized spacial score (nSPS) is 9.90. The highest BCUT2D eigenvalue weighted by atomic mass is 16.5. The molecule has 60 valence electrons. The Balaban J connectivity index is 3.09. The van der Waals surface area contributed by atoms with Gasteiger partial charge in [0, 0.05) is 7.11 Å². The lowest BCUT2D eigenvalue weighted by Gasteiger charge is -2.08. The summed E-state index contributed by atoms with van der Waals surface area (Å²) < 4.78 is 10.3. The van der Waals surface area contributed by atoms with Crippen molar-refractivity contribution in [3.63, 3.8) is 0 Å². The van der Waals surface area contributed by atoms with E-state index in [1.165, 1.54) is 0 Å². The van der Waals surface area contributed by atoms with E-state index in [-0.39, 0.29) is 0 Å². The zero-order valence-corrected chi connectivity index (χ0v) is 7.22. The maximum atomic E-state index is 5.46. The topological polar surface area (TPSA) is 18.5 Å². The van der Waals surface area contributed by atoms with Gasteiger partial charge in [-0.15, -0.1) is 0 Å². The van der Waals surface area contributed by atoms with Crippen LogP contribution in [0.4, 0.5) is 0 Å². The molecule has 0 aromatic carbocycles. The fourth-order valence-corrected chi connectivity index (χ4v) is 0.822. The van der Waals surface area contributed by atoms with Gasteiger partial charge in [-0.05, 0) is 0 Å². The second-order valence-electron chi connectivity index (χ2n) is 2.30. The fourth-order valence-electron chi connectivity index (χ4n) is 0.822. The molecule has 0 aliphatic carbocycles. The van der Waals surface area contributed by atoms with E-state index in [9.17, 15) is 0 Å². The van der Waals surface area contributed by atoms with E-state index in [1.54, 1.807) is 7.11 Å². The van der Waals surface area contributed by atoms with Crippen molar-refractivity contribution >= 4 is 6.92 Å². The minimum atomic E-state index is 0.426. The van der Waals surface area contributed by atoms with Crippen LogP contribution in [-0.4, -0.2) is 27.2 Å². The van der Waals surface area contributed by atoms with E-state index in [0.29, 0.717) is 13.5 Å². The van der Waals surface area contributed by atoms with E-state index < -0.39 is 0 Å². The molecule has 0 saturated heterocycles. The average molecular weight is 144 g/mol. The van der Waals surface area contributed by atoms with Crippen LogP contribution in [0.1, 0.15) is 13.8 Å². The first-order valence-corrected chi connectivity index (χ1v) is 3.95. The van der Waals surface area contributed by atoms with Crippen molar-refractivity contribution in [3.05, 3.63) is 0 Å². The second kappa shape index (κ2) is 7.10. The molecule has 3 heteroatoms. The molecule has 0 unspecified atom stereocenters. The quantitative estimate of drug-likeness (QED) is 0.417. The van der Waals surface area contributed by atoms with E-state index in [0.717, 1.165) is 19.2 Å². The third-order valence-corrected chi connectivity index (χ3v) is 1.55.